The van der Waals surface area contributed by atoms with E-state index in [1.54, 1.807) is 0 Å². The number of unbranched alkanes of at least 4 members (excludes halogenated alkanes) is 1. The third kappa shape index (κ3) is 5.68. The highest BCUT2D eigenvalue weighted by Gasteiger charge is 2.13. The molecule has 1 unspecified atom stereocenters. The van der Waals surface area contributed by atoms with Gasteiger partial charge in [0.2, 0.25) is 0 Å². The number of carboxylic acid groups (broad SMARTS) is 1. The first-order chi connectivity index (χ1) is 8.09. The summed E-state index contributed by atoms with van der Waals surface area (Å²) in [4.78, 5) is 15.0. The highest BCUT2D eigenvalue weighted by atomic mass is 16.4. The molecule has 0 amide bonds. The molecule has 0 spiro atoms. The number of amidine groups is 1. The number of aliphatic carboxylic acids is 1. The van der Waals surface area contributed by atoms with Crippen LogP contribution < -0.4 is 11.5 Å². The van der Waals surface area contributed by atoms with E-state index < -0.39 is 12.0 Å². The maximum Gasteiger partial charge on any atom is 0.320 e. The largest absolute Gasteiger partial charge is 0.480 e. The van der Waals surface area contributed by atoms with Crippen LogP contribution in [0.15, 0.2) is 4.99 Å². The number of rotatable bonds is 6. The van der Waals surface area contributed by atoms with Gasteiger partial charge < -0.3 is 16.6 Å². The summed E-state index contributed by atoms with van der Waals surface area (Å²) >= 11 is 0. The SMILES string of the molecule is NC1=N[C@@H](CCCCC(N)C(=O)O)CCCC1. The molecule has 0 aromatic heterocycles. The maximum absolute atomic E-state index is 10.5. The fraction of sp³-hybridized carbons (Fsp3) is 0.833. The minimum absolute atomic E-state index is 0.332. The van der Waals surface area contributed by atoms with Gasteiger partial charge in [-0.25, -0.2) is 0 Å². The highest BCUT2D eigenvalue weighted by Crippen LogP contribution is 2.17. The lowest BCUT2D eigenvalue weighted by atomic mass is 10.0. The molecular formula is C12H23N3O2. The Balaban J connectivity index is 2.17. The van der Waals surface area contributed by atoms with Crippen molar-refractivity contribution in [3.05, 3.63) is 0 Å². The lowest BCUT2D eigenvalue weighted by molar-refractivity contribution is -0.138. The first-order valence-corrected chi connectivity index (χ1v) is 6.40. The lowest BCUT2D eigenvalue weighted by Crippen LogP contribution is -2.29. The van der Waals surface area contributed by atoms with Gasteiger partial charge in [-0.3, -0.25) is 9.79 Å². The van der Waals surface area contributed by atoms with Crippen molar-refractivity contribution in [2.45, 2.75) is 63.5 Å². The van der Waals surface area contributed by atoms with Gasteiger partial charge in [0.1, 0.15) is 6.04 Å². The molecule has 0 aliphatic carbocycles. The average Bonchev–Trinajstić information content (AvgIpc) is 2.48. The first-order valence-electron chi connectivity index (χ1n) is 6.40. The van der Waals surface area contributed by atoms with Gasteiger partial charge in [-0.05, 0) is 25.7 Å². The minimum atomic E-state index is -0.915. The van der Waals surface area contributed by atoms with E-state index in [9.17, 15) is 4.79 Å². The van der Waals surface area contributed by atoms with Crippen LogP contribution in [-0.4, -0.2) is 29.0 Å². The van der Waals surface area contributed by atoms with Crippen LogP contribution in [0.3, 0.4) is 0 Å². The Bertz CT molecular complexity index is 279. The molecule has 1 rings (SSSR count). The van der Waals surface area contributed by atoms with Crippen molar-refractivity contribution >= 4 is 11.8 Å². The van der Waals surface area contributed by atoms with Gasteiger partial charge in [0.05, 0.1) is 11.9 Å². The molecule has 0 aromatic carbocycles. The quantitative estimate of drug-likeness (QED) is 0.609. The molecule has 98 valence electrons. The van der Waals surface area contributed by atoms with Crippen molar-refractivity contribution in [3.63, 3.8) is 0 Å². The molecule has 1 aliphatic rings. The smallest absolute Gasteiger partial charge is 0.320 e. The van der Waals surface area contributed by atoms with Crippen molar-refractivity contribution < 1.29 is 9.90 Å². The monoisotopic (exact) mass is 241 g/mol. The standard InChI is InChI=1S/C12H23N3O2/c13-10(12(16)17)7-3-1-5-9-6-2-4-8-11(14)15-9/h9-10H,1-8,13H2,(H2,14,15)(H,16,17)/t9-,10?/m0/s1. The Morgan fingerprint density at radius 3 is 2.94 bits per heavy atom. The van der Waals surface area contributed by atoms with Gasteiger partial charge in [0.15, 0.2) is 0 Å². The predicted octanol–water partition coefficient (Wildman–Crippen LogP) is 1.26. The Morgan fingerprint density at radius 2 is 2.24 bits per heavy atom. The van der Waals surface area contributed by atoms with Crippen molar-refractivity contribution in [2.75, 3.05) is 0 Å². The van der Waals surface area contributed by atoms with Crippen LogP contribution >= 0.6 is 0 Å². The minimum Gasteiger partial charge on any atom is -0.480 e. The van der Waals surface area contributed by atoms with E-state index in [1.165, 1.54) is 6.42 Å². The highest BCUT2D eigenvalue weighted by molar-refractivity contribution is 5.80. The number of carbonyl (C=O) groups is 1. The number of nitrogens with zero attached hydrogens (tertiary/aromatic N) is 1. The van der Waals surface area contributed by atoms with Gasteiger partial charge in [-0.2, -0.15) is 0 Å². The molecule has 17 heavy (non-hydrogen) atoms. The first kappa shape index (κ1) is 14.0. The van der Waals surface area contributed by atoms with Crippen LogP contribution in [0.1, 0.15) is 51.4 Å². The second-order valence-electron chi connectivity index (χ2n) is 4.75. The normalized spacial score (nSPS) is 22.6. The van der Waals surface area contributed by atoms with E-state index in [1.807, 2.05) is 0 Å². The zero-order valence-corrected chi connectivity index (χ0v) is 10.3. The maximum atomic E-state index is 10.5. The van der Waals surface area contributed by atoms with Crippen molar-refractivity contribution in [3.8, 4) is 0 Å². The zero-order chi connectivity index (χ0) is 12.7. The Hall–Kier alpha value is -1.10. The Morgan fingerprint density at radius 1 is 1.47 bits per heavy atom. The Kier molecular flexibility index (Phi) is 5.97. The van der Waals surface area contributed by atoms with Crippen LogP contribution in [0, 0.1) is 0 Å². The van der Waals surface area contributed by atoms with Crippen molar-refractivity contribution in [1.29, 1.82) is 0 Å². The lowest BCUT2D eigenvalue weighted by Gasteiger charge is -2.11. The molecular weight excluding hydrogens is 218 g/mol. The van der Waals surface area contributed by atoms with Gasteiger partial charge in [0.25, 0.3) is 0 Å². The summed E-state index contributed by atoms with van der Waals surface area (Å²) in [6.07, 6.45) is 7.70. The van der Waals surface area contributed by atoms with E-state index in [-0.39, 0.29) is 0 Å². The number of aliphatic imine (C=N–C) groups is 1. The van der Waals surface area contributed by atoms with E-state index >= 15 is 0 Å². The predicted molar refractivity (Wildman–Crippen MR) is 68.0 cm³/mol. The molecule has 1 heterocycles. The molecule has 5 nitrogen and oxygen atoms in total. The zero-order valence-electron chi connectivity index (χ0n) is 10.3. The van der Waals surface area contributed by atoms with E-state index in [2.05, 4.69) is 4.99 Å². The number of hydrogen-bond donors (Lipinski definition) is 3. The summed E-state index contributed by atoms with van der Waals surface area (Å²) in [6.45, 7) is 0. The third-order valence-electron chi connectivity index (χ3n) is 3.19. The van der Waals surface area contributed by atoms with Crippen LogP contribution in [0.5, 0.6) is 0 Å². The summed E-state index contributed by atoms with van der Waals surface area (Å²) in [5.74, 6) is -0.142. The summed E-state index contributed by atoms with van der Waals surface area (Å²) in [6, 6.07) is -0.392. The molecule has 0 radical (unpaired) electrons. The van der Waals surface area contributed by atoms with Crippen molar-refractivity contribution in [1.82, 2.24) is 0 Å². The van der Waals surface area contributed by atoms with Crippen molar-refractivity contribution in [2.24, 2.45) is 16.5 Å². The molecule has 0 bridgehead atoms. The molecule has 0 fully saturated rings. The van der Waals surface area contributed by atoms with E-state index in [0.29, 0.717) is 12.5 Å². The third-order valence-corrected chi connectivity index (χ3v) is 3.19. The van der Waals surface area contributed by atoms with Crippen LogP contribution in [-0.2, 0) is 4.79 Å². The van der Waals surface area contributed by atoms with Gasteiger partial charge in [-0.1, -0.05) is 19.3 Å². The molecule has 5 heteroatoms. The molecule has 1 aliphatic heterocycles. The fourth-order valence-corrected chi connectivity index (χ4v) is 2.13. The summed E-state index contributed by atoms with van der Waals surface area (Å²) in [5.41, 5.74) is 11.2. The summed E-state index contributed by atoms with van der Waals surface area (Å²) in [5, 5.41) is 8.64. The molecule has 0 saturated heterocycles. The van der Waals surface area contributed by atoms with Gasteiger partial charge in [0, 0.05) is 6.42 Å². The van der Waals surface area contributed by atoms with E-state index in [4.69, 9.17) is 16.6 Å². The van der Waals surface area contributed by atoms with Crippen LogP contribution in [0.4, 0.5) is 0 Å². The molecule has 5 N–H and O–H groups in total. The summed E-state index contributed by atoms with van der Waals surface area (Å²) < 4.78 is 0. The fourth-order valence-electron chi connectivity index (χ4n) is 2.13. The second-order valence-corrected chi connectivity index (χ2v) is 4.75. The van der Waals surface area contributed by atoms with Gasteiger partial charge in [-0.15, -0.1) is 0 Å². The van der Waals surface area contributed by atoms with Crippen LogP contribution in [0.25, 0.3) is 0 Å². The number of hydrogen-bond acceptors (Lipinski definition) is 4. The molecule has 0 aromatic rings. The second kappa shape index (κ2) is 7.27. The average molecular weight is 241 g/mol. The van der Waals surface area contributed by atoms with Gasteiger partial charge >= 0.3 is 5.97 Å². The Labute approximate surface area is 102 Å². The van der Waals surface area contributed by atoms with Crippen LogP contribution in [0.2, 0.25) is 0 Å². The number of carboxylic acids is 1. The molecule has 2 atom stereocenters. The topological polar surface area (TPSA) is 102 Å². The van der Waals surface area contributed by atoms with E-state index in [0.717, 1.165) is 44.4 Å². The number of nitrogens with two attached hydrogens (primary N) is 2. The summed E-state index contributed by atoms with van der Waals surface area (Å²) in [7, 11) is 0. The molecule has 0 saturated carbocycles.